The first-order valence-corrected chi connectivity index (χ1v) is 7.11. The van der Waals surface area contributed by atoms with Gasteiger partial charge in [-0.25, -0.2) is 4.39 Å². The third kappa shape index (κ3) is 2.25. The maximum Gasteiger partial charge on any atom is 0.307 e. The van der Waals surface area contributed by atoms with Gasteiger partial charge >= 0.3 is 5.97 Å². The molecule has 1 aromatic rings. The van der Waals surface area contributed by atoms with Crippen LogP contribution in [0, 0.1) is 11.7 Å². The van der Waals surface area contributed by atoms with Gasteiger partial charge in [0.15, 0.2) is 17.3 Å². The van der Waals surface area contributed by atoms with Crippen molar-refractivity contribution in [3.8, 4) is 11.5 Å². The molecule has 0 aromatic heterocycles. The van der Waals surface area contributed by atoms with Crippen LogP contribution in [-0.4, -0.2) is 30.8 Å². The van der Waals surface area contributed by atoms with E-state index < -0.39 is 17.7 Å². The van der Waals surface area contributed by atoms with Gasteiger partial charge in [-0.15, -0.1) is 0 Å². The number of rotatable bonds is 2. The van der Waals surface area contributed by atoms with Crippen molar-refractivity contribution in [1.29, 1.82) is 0 Å². The van der Waals surface area contributed by atoms with E-state index in [4.69, 9.17) is 14.6 Å². The van der Waals surface area contributed by atoms with Gasteiger partial charge in [0.05, 0.1) is 5.92 Å². The van der Waals surface area contributed by atoms with Crippen LogP contribution in [0.25, 0.3) is 0 Å². The predicted octanol–water partition coefficient (Wildman–Crippen LogP) is 2.09. The summed E-state index contributed by atoms with van der Waals surface area (Å²) in [5.41, 5.74) is 0.401. The Balaban J connectivity index is 1.96. The van der Waals surface area contributed by atoms with E-state index in [1.807, 2.05) is 0 Å². The molecule has 20 heavy (non-hydrogen) atoms. The number of carboxylic acids is 1. The molecule has 3 rings (SSSR count). The topological polar surface area (TPSA) is 67.8 Å². The largest absolute Gasteiger partial charge is 0.486 e. The van der Waals surface area contributed by atoms with Crippen LogP contribution in [0.5, 0.6) is 11.5 Å². The molecular formula is C13H13BrFNO4. The molecule has 2 heterocycles. The molecule has 0 amide bonds. The Morgan fingerprint density at radius 1 is 1.45 bits per heavy atom. The summed E-state index contributed by atoms with van der Waals surface area (Å²) < 4.78 is 25.8. The summed E-state index contributed by atoms with van der Waals surface area (Å²) >= 11 is 3.33. The number of hydrogen-bond acceptors (Lipinski definition) is 4. The van der Waals surface area contributed by atoms with Crippen LogP contribution in [0.2, 0.25) is 0 Å². The average Bonchev–Trinajstić information content (AvgIpc) is 2.88. The fourth-order valence-electron chi connectivity index (χ4n) is 2.59. The fourth-order valence-corrected chi connectivity index (χ4v) is 3.25. The summed E-state index contributed by atoms with van der Waals surface area (Å²) in [6, 6.07) is 1.32. The fraction of sp³-hybridized carbons (Fsp3) is 0.462. The van der Waals surface area contributed by atoms with Crippen LogP contribution in [0.3, 0.4) is 0 Å². The molecule has 1 aromatic carbocycles. The van der Waals surface area contributed by atoms with Crippen molar-refractivity contribution in [2.75, 3.05) is 19.8 Å². The molecule has 2 unspecified atom stereocenters. The number of fused-ring (bicyclic) bond motifs is 1. The van der Waals surface area contributed by atoms with Crippen molar-refractivity contribution in [2.45, 2.75) is 12.5 Å². The number of aliphatic carboxylic acids is 1. The summed E-state index contributed by atoms with van der Waals surface area (Å²) in [5.74, 6) is -1.38. The molecule has 0 saturated carbocycles. The van der Waals surface area contributed by atoms with Crippen LogP contribution >= 0.6 is 15.9 Å². The second-order valence-corrected chi connectivity index (χ2v) is 5.70. The second-order valence-electron chi connectivity index (χ2n) is 4.84. The Kier molecular flexibility index (Phi) is 3.55. The third-order valence-electron chi connectivity index (χ3n) is 3.59. The van der Waals surface area contributed by atoms with E-state index in [1.54, 1.807) is 6.07 Å². The maximum atomic E-state index is 14.6. The lowest BCUT2D eigenvalue weighted by Gasteiger charge is -2.23. The summed E-state index contributed by atoms with van der Waals surface area (Å²) in [4.78, 5) is 11.0. The summed E-state index contributed by atoms with van der Waals surface area (Å²) in [6.07, 6.45) is 0.352. The molecule has 2 atom stereocenters. The van der Waals surface area contributed by atoms with Gasteiger partial charge in [-0.1, -0.05) is 15.9 Å². The van der Waals surface area contributed by atoms with Crippen LogP contribution in [-0.2, 0) is 4.79 Å². The molecule has 0 radical (unpaired) electrons. The van der Waals surface area contributed by atoms with Gasteiger partial charge < -0.3 is 19.9 Å². The van der Waals surface area contributed by atoms with Crippen LogP contribution < -0.4 is 14.8 Å². The zero-order valence-corrected chi connectivity index (χ0v) is 12.1. The number of ether oxygens (including phenoxy) is 2. The molecule has 0 aliphatic carbocycles. The SMILES string of the molecule is O=C(O)C1CNC(c2c(Br)cc3c(c2F)OCCO3)C1. The zero-order chi connectivity index (χ0) is 14.3. The molecule has 108 valence electrons. The summed E-state index contributed by atoms with van der Waals surface area (Å²) in [5, 5.41) is 12.1. The molecule has 5 nitrogen and oxygen atoms in total. The highest BCUT2D eigenvalue weighted by Gasteiger charge is 2.35. The average molecular weight is 346 g/mol. The van der Waals surface area contributed by atoms with E-state index in [-0.39, 0.29) is 11.8 Å². The smallest absolute Gasteiger partial charge is 0.307 e. The number of nitrogens with one attached hydrogen (secondary N) is 1. The van der Waals surface area contributed by atoms with Crippen LogP contribution in [0.15, 0.2) is 10.5 Å². The normalized spacial score (nSPS) is 24.7. The van der Waals surface area contributed by atoms with Gasteiger partial charge in [0.2, 0.25) is 0 Å². The number of carboxylic acid groups (broad SMARTS) is 1. The van der Waals surface area contributed by atoms with Crippen LogP contribution in [0.4, 0.5) is 4.39 Å². The van der Waals surface area contributed by atoms with Crippen LogP contribution in [0.1, 0.15) is 18.0 Å². The van der Waals surface area contributed by atoms with E-state index >= 15 is 0 Å². The first-order valence-electron chi connectivity index (χ1n) is 6.31. The Morgan fingerprint density at radius 3 is 2.90 bits per heavy atom. The summed E-state index contributed by atoms with van der Waals surface area (Å²) in [6.45, 7) is 1.03. The van der Waals surface area contributed by atoms with Crippen molar-refractivity contribution in [1.82, 2.24) is 5.32 Å². The lowest BCUT2D eigenvalue weighted by molar-refractivity contribution is -0.141. The number of hydrogen-bond donors (Lipinski definition) is 2. The van der Waals surface area contributed by atoms with E-state index in [2.05, 4.69) is 21.2 Å². The zero-order valence-electron chi connectivity index (χ0n) is 10.5. The minimum Gasteiger partial charge on any atom is -0.486 e. The standard InChI is InChI=1S/C13H13BrFNO4/c14-7-4-9-12(20-2-1-19-9)11(15)10(7)8-3-6(5-16-8)13(17)18/h4,6,8,16H,1-3,5H2,(H,17,18). The highest BCUT2D eigenvalue weighted by molar-refractivity contribution is 9.10. The lowest BCUT2D eigenvalue weighted by Crippen LogP contribution is -2.20. The second kappa shape index (κ2) is 5.21. The molecule has 1 fully saturated rings. The van der Waals surface area contributed by atoms with Crippen molar-refractivity contribution < 1.29 is 23.8 Å². The molecule has 0 spiro atoms. The van der Waals surface area contributed by atoms with E-state index in [9.17, 15) is 9.18 Å². The van der Waals surface area contributed by atoms with E-state index in [0.717, 1.165) is 0 Å². The Morgan fingerprint density at radius 2 is 2.20 bits per heavy atom. The predicted molar refractivity (Wildman–Crippen MR) is 71.6 cm³/mol. The van der Waals surface area contributed by atoms with Crippen molar-refractivity contribution in [3.63, 3.8) is 0 Å². The number of carbonyl (C=O) groups is 1. The first kappa shape index (κ1) is 13.6. The molecule has 2 aliphatic heterocycles. The maximum absolute atomic E-state index is 14.6. The van der Waals surface area contributed by atoms with E-state index in [1.165, 1.54) is 0 Å². The minimum absolute atomic E-state index is 0.107. The van der Waals surface area contributed by atoms with Crippen molar-refractivity contribution in [2.24, 2.45) is 5.92 Å². The van der Waals surface area contributed by atoms with Gasteiger partial charge in [0.25, 0.3) is 0 Å². The molecule has 7 heteroatoms. The summed E-state index contributed by atoms with van der Waals surface area (Å²) in [7, 11) is 0. The Hall–Kier alpha value is -1.34. The molecule has 2 aliphatic rings. The monoisotopic (exact) mass is 345 g/mol. The number of halogens is 2. The van der Waals surface area contributed by atoms with Crippen molar-refractivity contribution in [3.05, 3.63) is 21.9 Å². The van der Waals surface area contributed by atoms with Gasteiger partial charge in [0.1, 0.15) is 13.2 Å². The van der Waals surface area contributed by atoms with Crippen molar-refractivity contribution >= 4 is 21.9 Å². The first-order chi connectivity index (χ1) is 9.58. The highest BCUT2D eigenvalue weighted by Crippen LogP contribution is 2.43. The number of benzene rings is 1. The van der Waals surface area contributed by atoms with Gasteiger partial charge in [-0.2, -0.15) is 0 Å². The van der Waals surface area contributed by atoms with Gasteiger partial charge in [-0.3, -0.25) is 4.79 Å². The molecule has 0 bridgehead atoms. The molecular weight excluding hydrogens is 333 g/mol. The Bertz CT molecular complexity index is 566. The quantitative estimate of drug-likeness (QED) is 0.859. The Labute approximate surface area is 123 Å². The lowest BCUT2D eigenvalue weighted by atomic mass is 9.99. The van der Waals surface area contributed by atoms with Gasteiger partial charge in [-0.05, 0) is 12.5 Å². The van der Waals surface area contributed by atoms with E-state index in [0.29, 0.717) is 42.0 Å². The van der Waals surface area contributed by atoms with Gasteiger partial charge in [0, 0.05) is 22.6 Å². The minimum atomic E-state index is -0.867. The third-order valence-corrected chi connectivity index (χ3v) is 4.25. The molecule has 1 saturated heterocycles. The highest BCUT2D eigenvalue weighted by atomic mass is 79.9. The molecule has 2 N–H and O–H groups in total.